The number of carbonyl (C=O) groups is 2. The molecule has 0 atom stereocenters. The van der Waals surface area contributed by atoms with E-state index < -0.39 is 5.97 Å². The van der Waals surface area contributed by atoms with Gasteiger partial charge in [0.15, 0.2) is 0 Å². The molecule has 0 aromatic carbocycles. The zero-order valence-electron chi connectivity index (χ0n) is 9.95. The van der Waals surface area contributed by atoms with E-state index in [2.05, 4.69) is 10.6 Å². The molecule has 2 amide bonds. The number of amides is 2. The van der Waals surface area contributed by atoms with Gasteiger partial charge in [0.1, 0.15) is 0 Å². The van der Waals surface area contributed by atoms with Crippen LogP contribution in [0, 0.1) is 0 Å². The van der Waals surface area contributed by atoms with Crippen molar-refractivity contribution in [2.45, 2.75) is 19.3 Å². The number of carboxylic acids is 1. The predicted octanol–water partition coefficient (Wildman–Crippen LogP) is 0.102. The number of hydrogen-bond donors (Lipinski definition) is 3. The highest BCUT2D eigenvalue weighted by Gasteiger charge is 2.00. The number of hydrogen-bond acceptors (Lipinski definition) is 3. The molecule has 0 spiro atoms. The summed E-state index contributed by atoms with van der Waals surface area (Å²) in [6.07, 6.45) is 1.75. The van der Waals surface area contributed by atoms with Gasteiger partial charge in [0.05, 0.1) is 0 Å². The Morgan fingerprint density at radius 3 is 2.38 bits per heavy atom. The van der Waals surface area contributed by atoms with Crippen molar-refractivity contribution in [3.63, 3.8) is 0 Å². The van der Waals surface area contributed by atoms with Crippen LogP contribution in [0.5, 0.6) is 0 Å². The van der Waals surface area contributed by atoms with E-state index in [0.717, 1.165) is 13.0 Å². The van der Waals surface area contributed by atoms with E-state index in [1.54, 1.807) is 14.1 Å². The van der Waals surface area contributed by atoms with Gasteiger partial charge in [0.25, 0.3) is 0 Å². The maximum Gasteiger partial charge on any atom is 0.316 e. The predicted molar refractivity (Wildman–Crippen MR) is 61.4 cm³/mol. The van der Waals surface area contributed by atoms with Crippen molar-refractivity contribution in [2.24, 2.45) is 0 Å². The van der Waals surface area contributed by atoms with E-state index in [1.807, 2.05) is 0 Å². The first-order valence-electron chi connectivity index (χ1n) is 5.41. The number of carbonyl (C=O) groups excluding carboxylic acids is 1. The molecule has 0 aliphatic heterocycles. The first-order chi connectivity index (χ1) is 7.54. The summed E-state index contributed by atoms with van der Waals surface area (Å²) in [6.45, 7) is 2.06. The van der Waals surface area contributed by atoms with Crippen molar-refractivity contribution in [1.82, 2.24) is 15.5 Å². The molecule has 0 fully saturated rings. The van der Waals surface area contributed by atoms with Gasteiger partial charge in [-0.3, -0.25) is 4.79 Å². The summed E-state index contributed by atoms with van der Waals surface area (Å²) >= 11 is 0. The Bertz CT molecular complexity index is 219. The fourth-order valence-electron chi connectivity index (χ4n) is 1.07. The van der Waals surface area contributed by atoms with Crippen LogP contribution < -0.4 is 10.6 Å². The van der Waals surface area contributed by atoms with Gasteiger partial charge in [-0.25, -0.2) is 4.79 Å². The molecule has 0 heterocycles. The molecule has 0 aromatic heterocycles. The van der Waals surface area contributed by atoms with E-state index in [1.165, 1.54) is 4.90 Å². The van der Waals surface area contributed by atoms with E-state index in [4.69, 9.17) is 5.11 Å². The lowest BCUT2D eigenvalue weighted by Gasteiger charge is -2.12. The molecule has 0 radical (unpaired) electrons. The lowest BCUT2D eigenvalue weighted by atomic mass is 10.2. The SMILES string of the molecule is CN(C)C(=O)NCCNCCCCC(=O)O. The third-order valence-electron chi connectivity index (χ3n) is 1.98. The number of unbranched alkanes of at least 4 members (excludes halogenated alkanes) is 1. The second kappa shape index (κ2) is 8.96. The highest BCUT2D eigenvalue weighted by molar-refractivity contribution is 5.73. The molecule has 6 heteroatoms. The quantitative estimate of drug-likeness (QED) is 0.518. The summed E-state index contributed by atoms with van der Waals surface area (Å²) in [6, 6.07) is -0.104. The van der Waals surface area contributed by atoms with Gasteiger partial charge in [-0.2, -0.15) is 0 Å². The number of urea groups is 1. The maximum atomic E-state index is 11.1. The minimum Gasteiger partial charge on any atom is -0.481 e. The van der Waals surface area contributed by atoms with Crippen molar-refractivity contribution in [2.75, 3.05) is 33.7 Å². The number of rotatable bonds is 8. The van der Waals surface area contributed by atoms with Crippen LogP contribution in [0.2, 0.25) is 0 Å². The van der Waals surface area contributed by atoms with E-state index in [-0.39, 0.29) is 12.5 Å². The zero-order chi connectivity index (χ0) is 12.4. The Morgan fingerprint density at radius 1 is 1.12 bits per heavy atom. The average molecular weight is 231 g/mol. The lowest BCUT2D eigenvalue weighted by Crippen LogP contribution is -2.38. The number of aliphatic carboxylic acids is 1. The highest BCUT2D eigenvalue weighted by atomic mass is 16.4. The van der Waals surface area contributed by atoms with Gasteiger partial charge < -0.3 is 20.6 Å². The maximum absolute atomic E-state index is 11.1. The van der Waals surface area contributed by atoms with Crippen LogP contribution in [0.3, 0.4) is 0 Å². The fraction of sp³-hybridized carbons (Fsp3) is 0.800. The molecule has 6 nitrogen and oxygen atoms in total. The number of nitrogens with one attached hydrogen (secondary N) is 2. The summed E-state index contributed by atoms with van der Waals surface area (Å²) in [5.41, 5.74) is 0. The van der Waals surface area contributed by atoms with E-state index in [9.17, 15) is 9.59 Å². The summed E-state index contributed by atoms with van der Waals surface area (Å²) in [7, 11) is 3.38. The van der Waals surface area contributed by atoms with Crippen molar-refractivity contribution >= 4 is 12.0 Å². The van der Waals surface area contributed by atoms with Gasteiger partial charge in [-0.05, 0) is 19.4 Å². The third kappa shape index (κ3) is 9.26. The Kier molecular flexibility index (Phi) is 8.24. The second-order valence-electron chi connectivity index (χ2n) is 3.73. The molecule has 16 heavy (non-hydrogen) atoms. The highest BCUT2D eigenvalue weighted by Crippen LogP contribution is 1.92. The zero-order valence-corrected chi connectivity index (χ0v) is 9.95. The lowest BCUT2D eigenvalue weighted by molar-refractivity contribution is -0.137. The van der Waals surface area contributed by atoms with Crippen molar-refractivity contribution in [3.05, 3.63) is 0 Å². The average Bonchev–Trinajstić information content (AvgIpc) is 2.21. The standard InChI is InChI=1S/C10H21N3O3/c1-13(2)10(16)12-8-7-11-6-4-3-5-9(14)15/h11H,3-8H2,1-2H3,(H,12,16)(H,14,15). The summed E-state index contributed by atoms with van der Waals surface area (Å²) in [5.74, 6) is -0.752. The van der Waals surface area contributed by atoms with Crippen molar-refractivity contribution in [3.8, 4) is 0 Å². The Morgan fingerprint density at radius 2 is 1.81 bits per heavy atom. The smallest absolute Gasteiger partial charge is 0.316 e. The van der Waals surface area contributed by atoms with Crippen LogP contribution >= 0.6 is 0 Å². The Hall–Kier alpha value is -1.30. The largest absolute Gasteiger partial charge is 0.481 e. The molecular formula is C10H21N3O3. The van der Waals surface area contributed by atoms with Crippen molar-refractivity contribution < 1.29 is 14.7 Å². The molecule has 0 unspecified atom stereocenters. The number of carboxylic acid groups (broad SMARTS) is 1. The number of nitrogens with zero attached hydrogens (tertiary/aromatic N) is 1. The van der Waals surface area contributed by atoms with Crippen LogP contribution in [0.4, 0.5) is 4.79 Å². The van der Waals surface area contributed by atoms with E-state index in [0.29, 0.717) is 19.5 Å². The van der Waals surface area contributed by atoms with Gasteiger partial charge in [0, 0.05) is 33.6 Å². The molecule has 0 rings (SSSR count). The van der Waals surface area contributed by atoms with Crippen LogP contribution in [0.15, 0.2) is 0 Å². The first-order valence-corrected chi connectivity index (χ1v) is 5.41. The Labute approximate surface area is 96.0 Å². The molecule has 0 saturated carbocycles. The van der Waals surface area contributed by atoms with Gasteiger partial charge >= 0.3 is 12.0 Å². The molecule has 0 aromatic rings. The van der Waals surface area contributed by atoms with Gasteiger partial charge in [-0.15, -0.1) is 0 Å². The van der Waals surface area contributed by atoms with E-state index >= 15 is 0 Å². The molecule has 0 aliphatic carbocycles. The van der Waals surface area contributed by atoms with Crippen LogP contribution in [0.1, 0.15) is 19.3 Å². The molecular weight excluding hydrogens is 210 g/mol. The van der Waals surface area contributed by atoms with Crippen LogP contribution in [-0.2, 0) is 4.79 Å². The van der Waals surface area contributed by atoms with Crippen molar-refractivity contribution in [1.29, 1.82) is 0 Å². The minimum atomic E-state index is -0.752. The monoisotopic (exact) mass is 231 g/mol. The topological polar surface area (TPSA) is 81.7 Å². The van der Waals surface area contributed by atoms with Crippen LogP contribution in [0.25, 0.3) is 0 Å². The normalized spacial score (nSPS) is 9.88. The fourth-order valence-corrected chi connectivity index (χ4v) is 1.07. The second-order valence-corrected chi connectivity index (χ2v) is 3.73. The van der Waals surface area contributed by atoms with Gasteiger partial charge in [-0.1, -0.05) is 0 Å². The molecule has 94 valence electrons. The summed E-state index contributed by atoms with van der Waals surface area (Å²) < 4.78 is 0. The Balaban J connectivity index is 3.16. The molecule has 0 bridgehead atoms. The molecule has 0 aliphatic rings. The van der Waals surface area contributed by atoms with Crippen LogP contribution in [-0.4, -0.2) is 55.7 Å². The molecule has 0 saturated heterocycles. The first kappa shape index (κ1) is 14.7. The molecule has 3 N–H and O–H groups in total. The third-order valence-corrected chi connectivity index (χ3v) is 1.98. The summed E-state index contributed by atoms with van der Waals surface area (Å²) in [4.78, 5) is 22.8. The minimum absolute atomic E-state index is 0.104. The summed E-state index contributed by atoms with van der Waals surface area (Å²) in [5, 5.41) is 14.2. The van der Waals surface area contributed by atoms with Gasteiger partial charge in [0.2, 0.25) is 0 Å².